The van der Waals surface area contributed by atoms with Crippen LogP contribution in [0.4, 0.5) is 0 Å². The molecule has 0 spiro atoms. The highest BCUT2D eigenvalue weighted by molar-refractivity contribution is 6.03. The molecule has 0 aliphatic carbocycles. The van der Waals surface area contributed by atoms with Crippen molar-refractivity contribution in [1.29, 1.82) is 0 Å². The quantitative estimate of drug-likeness (QED) is 0.783. The summed E-state index contributed by atoms with van der Waals surface area (Å²) in [5, 5.41) is 0. The van der Waals surface area contributed by atoms with Crippen LogP contribution in [0, 0.1) is 0 Å². The van der Waals surface area contributed by atoms with Crippen molar-refractivity contribution in [3.63, 3.8) is 0 Å². The molecule has 1 atom stereocenters. The normalized spacial score (nSPS) is 12.6. The Hall–Kier alpha value is -1.88. The lowest BCUT2D eigenvalue weighted by molar-refractivity contribution is 0.0116. The smallest absolute Gasteiger partial charge is 0.339 e. The van der Waals surface area contributed by atoms with E-state index in [1.165, 1.54) is 14.2 Å². The van der Waals surface area contributed by atoms with E-state index in [0.717, 1.165) is 5.56 Å². The Labute approximate surface area is 131 Å². The van der Waals surface area contributed by atoms with Gasteiger partial charge in [-0.2, -0.15) is 0 Å². The van der Waals surface area contributed by atoms with Crippen LogP contribution in [0.15, 0.2) is 18.2 Å². The van der Waals surface area contributed by atoms with Gasteiger partial charge in [-0.05, 0) is 30.0 Å². The van der Waals surface area contributed by atoms with E-state index in [2.05, 4.69) is 0 Å². The maximum Gasteiger partial charge on any atom is 0.339 e. The summed E-state index contributed by atoms with van der Waals surface area (Å²) in [5.41, 5.74) is 1.20. The molecule has 22 heavy (non-hydrogen) atoms. The van der Waals surface area contributed by atoms with Crippen LogP contribution < -0.4 is 0 Å². The predicted octanol–water partition coefficient (Wildman–Crippen LogP) is 2.96. The molecule has 0 N–H and O–H groups in total. The maximum atomic E-state index is 12.4. The molecular formula is C17H24O5. The summed E-state index contributed by atoms with van der Waals surface area (Å²) < 4.78 is 15.0. The number of benzene rings is 1. The second-order valence-electron chi connectivity index (χ2n) is 6.17. The standard InChI is InChI=1S/C17H24O5/c1-11(10-20-5)22-16(19)14-9-12(17(2,3)4)7-8-13(14)15(18)21-6/h7-9,11H,10H2,1-6H3. The third-order valence-electron chi connectivity index (χ3n) is 3.22. The van der Waals surface area contributed by atoms with Crippen molar-refractivity contribution in [2.45, 2.75) is 39.2 Å². The van der Waals surface area contributed by atoms with E-state index >= 15 is 0 Å². The zero-order valence-corrected chi connectivity index (χ0v) is 14.1. The van der Waals surface area contributed by atoms with Crippen molar-refractivity contribution in [2.75, 3.05) is 20.8 Å². The molecule has 0 saturated heterocycles. The first-order valence-corrected chi connectivity index (χ1v) is 7.13. The van der Waals surface area contributed by atoms with Gasteiger partial charge in [0.25, 0.3) is 0 Å². The zero-order valence-electron chi connectivity index (χ0n) is 14.1. The fourth-order valence-electron chi connectivity index (χ4n) is 1.98. The molecule has 0 bridgehead atoms. The highest BCUT2D eigenvalue weighted by Crippen LogP contribution is 2.25. The molecule has 0 aliphatic rings. The van der Waals surface area contributed by atoms with Gasteiger partial charge in [0.2, 0.25) is 0 Å². The summed E-state index contributed by atoms with van der Waals surface area (Å²) in [4.78, 5) is 24.2. The van der Waals surface area contributed by atoms with Crippen molar-refractivity contribution in [3.8, 4) is 0 Å². The van der Waals surface area contributed by atoms with E-state index in [1.807, 2.05) is 26.8 Å². The van der Waals surface area contributed by atoms with Crippen LogP contribution in [-0.2, 0) is 19.6 Å². The monoisotopic (exact) mass is 308 g/mol. The fourth-order valence-corrected chi connectivity index (χ4v) is 1.98. The van der Waals surface area contributed by atoms with E-state index in [0.29, 0.717) is 0 Å². The van der Waals surface area contributed by atoms with Gasteiger partial charge in [-0.1, -0.05) is 26.8 Å². The lowest BCUT2D eigenvalue weighted by Gasteiger charge is -2.21. The molecule has 1 aromatic rings. The number of carbonyl (C=O) groups is 2. The third-order valence-corrected chi connectivity index (χ3v) is 3.22. The molecule has 5 heteroatoms. The molecule has 0 heterocycles. The largest absolute Gasteiger partial charge is 0.465 e. The van der Waals surface area contributed by atoms with Gasteiger partial charge in [0.1, 0.15) is 6.10 Å². The number of rotatable bonds is 5. The first-order chi connectivity index (χ1) is 10.2. The molecule has 0 fully saturated rings. The SMILES string of the molecule is COCC(C)OC(=O)c1cc(C(C)(C)C)ccc1C(=O)OC. The zero-order chi connectivity index (χ0) is 16.9. The summed E-state index contributed by atoms with van der Waals surface area (Å²) in [6.45, 7) is 8.11. The van der Waals surface area contributed by atoms with Gasteiger partial charge in [-0.25, -0.2) is 9.59 Å². The molecule has 0 amide bonds. The van der Waals surface area contributed by atoms with Crippen LogP contribution in [0.5, 0.6) is 0 Å². The minimum absolute atomic E-state index is 0.151. The molecule has 1 aromatic carbocycles. The molecule has 0 saturated carbocycles. The fraction of sp³-hybridized carbons (Fsp3) is 0.529. The summed E-state index contributed by atoms with van der Waals surface area (Å²) in [7, 11) is 2.81. The molecule has 5 nitrogen and oxygen atoms in total. The molecule has 0 aliphatic heterocycles. The Morgan fingerprint density at radius 2 is 1.73 bits per heavy atom. The van der Waals surface area contributed by atoms with Gasteiger partial charge in [-0.15, -0.1) is 0 Å². The van der Waals surface area contributed by atoms with Gasteiger partial charge >= 0.3 is 11.9 Å². The molecule has 1 unspecified atom stereocenters. The van der Waals surface area contributed by atoms with Gasteiger partial charge in [0.05, 0.1) is 24.8 Å². The Morgan fingerprint density at radius 1 is 1.09 bits per heavy atom. The number of ether oxygens (including phenoxy) is 3. The molecule has 0 aromatic heterocycles. The van der Waals surface area contributed by atoms with Crippen molar-refractivity contribution in [2.24, 2.45) is 0 Å². The van der Waals surface area contributed by atoms with E-state index in [9.17, 15) is 9.59 Å². The van der Waals surface area contributed by atoms with Gasteiger partial charge in [0.15, 0.2) is 0 Å². The first-order valence-electron chi connectivity index (χ1n) is 7.13. The Balaban J connectivity index is 3.22. The second kappa shape index (κ2) is 7.40. The number of esters is 2. The number of hydrogen-bond donors (Lipinski definition) is 0. The average molecular weight is 308 g/mol. The van der Waals surface area contributed by atoms with Crippen LogP contribution in [-0.4, -0.2) is 38.9 Å². The average Bonchev–Trinajstić information content (AvgIpc) is 2.45. The first kappa shape index (κ1) is 18.2. The Bertz CT molecular complexity index is 542. The minimum Gasteiger partial charge on any atom is -0.465 e. The van der Waals surface area contributed by atoms with Crippen molar-refractivity contribution in [3.05, 3.63) is 34.9 Å². The van der Waals surface area contributed by atoms with E-state index in [-0.39, 0.29) is 23.1 Å². The molecule has 122 valence electrons. The minimum atomic E-state index is -0.563. The van der Waals surface area contributed by atoms with E-state index in [4.69, 9.17) is 14.2 Å². The van der Waals surface area contributed by atoms with Crippen LogP contribution in [0.25, 0.3) is 0 Å². The van der Waals surface area contributed by atoms with Crippen LogP contribution in [0.1, 0.15) is 54.0 Å². The Morgan fingerprint density at radius 3 is 2.23 bits per heavy atom. The molecule has 1 rings (SSSR count). The predicted molar refractivity (Wildman–Crippen MR) is 83.2 cm³/mol. The van der Waals surface area contributed by atoms with E-state index < -0.39 is 18.0 Å². The van der Waals surface area contributed by atoms with Gasteiger partial charge < -0.3 is 14.2 Å². The van der Waals surface area contributed by atoms with Crippen LogP contribution in [0.2, 0.25) is 0 Å². The molecular weight excluding hydrogens is 284 g/mol. The lowest BCUT2D eigenvalue weighted by Crippen LogP contribution is -2.22. The topological polar surface area (TPSA) is 61.8 Å². The van der Waals surface area contributed by atoms with Crippen molar-refractivity contribution < 1.29 is 23.8 Å². The van der Waals surface area contributed by atoms with Crippen LogP contribution >= 0.6 is 0 Å². The Kier molecular flexibility index (Phi) is 6.11. The molecule has 0 radical (unpaired) electrons. The summed E-state index contributed by atoms with van der Waals surface area (Å²) >= 11 is 0. The number of methoxy groups -OCH3 is 2. The second-order valence-corrected chi connectivity index (χ2v) is 6.17. The summed E-state index contributed by atoms with van der Waals surface area (Å²) in [5.74, 6) is -1.12. The van der Waals surface area contributed by atoms with Gasteiger partial charge in [0, 0.05) is 7.11 Å². The highest BCUT2D eigenvalue weighted by atomic mass is 16.6. The highest BCUT2D eigenvalue weighted by Gasteiger charge is 2.24. The van der Waals surface area contributed by atoms with Crippen molar-refractivity contribution >= 4 is 11.9 Å². The summed E-state index contributed by atoms with van der Waals surface area (Å²) in [6.07, 6.45) is -0.402. The number of hydrogen-bond acceptors (Lipinski definition) is 5. The van der Waals surface area contributed by atoms with E-state index in [1.54, 1.807) is 19.1 Å². The maximum absolute atomic E-state index is 12.4. The van der Waals surface area contributed by atoms with Gasteiger partial charge in [-0.3, -0.25) is 0 Å². The lowest BCUT2D eigenvalue weighted by atomic mass is 9.85. The van der Waals surface area contributed by atoms with Crippen molar-refractivity contribution in [1.82, 2.24) is 0 Å². The summed E-state index contributed by atoms with van der Waals surface area (Å²) in [6, 6.07) is 5.11. The van der Waals surface area contributed by atoms with Crippen LogP contribution in [0.3, 0.4) is 0 Å². The number of carbonyl (C=O) groups excluding carboxylic acids is 2. The third kappa shape index (κ3) is 4.56.